The topological polar surface area (TPSA) is 68.8 Å². The summed E-state index contributed by atoms with van der Waals surface area (Å²) in [6, 6.07) is 8.23. The third-order valence-electron chi connectivity index (χ3n) is 5.29. The van der Waals surface area contributed by atoms with Crippen LogP contribution in [0.25, 0.3) is 0 Å². The molecule has 2 rings (SSSR count). The van der Waals surface area contributed by atoms with Gasteiger partial charge < -0.3 is 16.0 Å². The first-order valence-corrected chi connectivity index (χ1v) is 10.6. The molecule has 0 bridgehead atoms. The summed E-state index contributed by atoms with van der Waals surface area (Å²) < 4.78 is 0. The van der Waals surface area contributed by atoms with Crippen LogP contribution in [0, 0.1) is 5.92 Å². The molecule has 3 N–H and O–H groups in total. The number of likely N-dealkylation sites (tertiary alicyclic amines) is 1. The minimum atomic E-state index is -0.0503. The van der Waals surface area contributed by atoms with Crippen LogP contribution in [0.1, 0.15) is 49.5 Å². The zero-order valence-corrected chi connectivity index (χ0v) is 20.7. The van der Waals surface area contributed by atoms with Crippen molar-refractivity contribution >= 4 is 35.8 Å². The molecule has 1 saturated heterocycles. The van der Waals surface area contributed by atoms with E-state index in [2.05, 4.69) is 47.7 Å². The average Bonchev–Trinajstić information content (AvgIpc) is 2.71. The van der Waals surface area contributed by atoms with Gasteiger partial charge in [-0.3, -0.25) is 14.7 Å². The van der Waals surface area contributed by atoms with Gasteiger partial charge in [0.25, 0.3) is 5.91 Å². The van der Waals surface area contributed by atoms with Gasteiger partial charge in [0, 0.05) is 38.3 Å². The lowest BCUT2D eigenvalue weighted by atomic mass is 9.99. The fourth-order valence-corrected chi connectivity index (χ4v) is 3.64. The number of guanidine groups is 1. The SMILES string of the molecule is CCNC(=NCC(C)N1CCCC(C)C1)NCCc1cccc(C(=O)NC)c1.I. The molecule has 164 valence electrons. The predicted octanol–water partition coefficient (Wildman–Crippen LogP) is 2.88. The van der Waals surface area contributed by atoms with Crippen LogP contribution in [0.4, 0.5) is 0 Å². The Morgan fingerprint density at radius 1 is 1.34 bits per heavy atom. The molecule has 1 aliphatic rings. The van der Waals surface area contributed by atoms with Gasteiger partial charge in [-0.2, -0.15) is 0 Å². The summed E-state index contributed by atoms with van der Waals surface area (Å²) in [6.45, 7) is 11.5. The predicted molar refractivity (Wildman–Crippen MR) is 132 cm³/mol. The van der Waals surface area contributed by atoms with E-state index in [1.165, 1.54) is 25.9 Å². The van der Waals surface area contributed by atoms with Crippen LogP contribution in [0.5, 0.6) is 0 Å². The Hall–Kier alpha value is -1.35. The van der Waals surface area contributed by atoms with Gasteiger partial charge in [0.2, 0.25) is 0 Å². The van der Waals surface area contributed by atoms with E-state index in [1.807, 2.05) is 18.2 Å². The Bertz CT molecular complexity index is 652. The molecule has 2 atom stereocenters. The van der Waals surface area contributed by atoms with Crippen LogP contribution in [0.3, 0.4) is 0 Å². The van der Waals surface area contributed by atoms with Gasteiger partial charge in [-0.1, -0.05) is 19.1 Å². The zero-order valence-electron chi connectivity index (χ0n) is 18.3. The Balaban J connectivity index is 0.00000420. The van der Waals surface area contributed by atoms with Crippen molar-refractivity contribution in [3.05, 3.63) is 35.4 Å². The van der Waals surface area contributed by atoms with Crippen LogP contribution in [-0.4, -0.2) is 62.6 Å². The van der Waals surface area contributed by atoms with Crippen LogP contribution >= 0.6 is 24.0 Å². The first-order valence-electron chi connectivity index (χ1n) is 10.6. The summed E-state index contributed by atoms with van der Waals surface area (Å²) in [7, 11) is 1.65. The van der Waals surface area contributed by atoms with Crippen molar-refractivity contribution in [3.63, 3.8) is 0 Å². The Kier molecular flexibility index (Phi) is 12.2. The van der Waals surface area contributed by atoms with Gasteiger partial charge in [0.1, 0.15) is 0 Å². The molecular formula is C22H38IN5O. The summed E-state index contributed by atoms with van der Waals surface area (Å²) in [4.78, 5) is 19.1. The third kappa shape index (κ3) is 8.90. The lowest BCUT2D eigenvalue weighted by molar-refractivity contribution is 0.0963. The number of amides is 1. The van der Waals surface area contributed by atoms with Crippen LogP contribution in [-0.2, 0) is 6.42 Å². The summed E-state index contributed by atoms with van der Waals surface area (Å²) in [6.07, 6.45) is 3.48. The molecule has 0 saturated carbocycles. The average molecular weight is 515 g/mol. The van der Waals surface area contributed by atoms with Crippen molar-refractivity contribution in [2.75, 3.05) is 39.8 Å². The summed E-state index contributed by atoms with van der Waals surface area (Å²) >= 11 is 0. The van der Waals surface area contributed by atoms with Crippen molar-refractivity contribution in [3.8, 4) is 0 Å². The monoisotopic (exact) mass is 515 g/mol. The number of benzene rings is 1. The van der Waals surface area contributed by atoms with E-state index in [-0.39, 0.29) is 29.9 Å². The van der Waals surface area contributed by atoms with E-state index in [1.54, 1.807) is 7.05 Å². The number of nitrogens with one attached hydrogen (secondary N) is 3. The fourth-order valence-electron chi connectivity index (χ4n) is 3.64. The van der Waals surface area contributed by atoms with Gasteiger partial charge in [-0.15, -0.1) is 24.0 Å². The molecule has 1 aromatic rings. The first kappa shape index (κ1) is 25.7. The molecular weight excluding hydrogens is 477 g/mol. The lowest BCUT2D eigenvalue weighted by Crippen LogP contribution is -2.43. The van der Waals surface area contributed by atoms with E-state index in [9.17, 15) is 4.79 Å². The van der Waals surface area contributed by atoms with E-state index >= 15 is 0 Å². The summed E-state index contributed by atoms with van der Waals surface area (Å²) in [5.74, 6) is 1.60. The van der Waals surface area contributed by atoms with Crippen molar-refractivity contribution in [2.45, 2.75) is 46.1 Å². The Morgan fingerprint density at radius 3 is 2.83 bits per heavy atom. The molecule has 7 heteroatoms. The number of piperidine rings is 1. The maximum absolute atomic E-state index is 11.8. The van der Waals surface area contributed by atoms with Crippen molar-refractivity contribution in [1.29, 1.82) is 0 Å². The van der Waals surface area contributed by atoms with Gasteiger partial charge >= 0.3 is 0 Å². The van der Waals surface area contributed by atoms with Crippen molar-refractivity contribution in [1.82, 2.24) is 20.9 Å². The van der Waals surface area contributed by atoms with E-state index < -0.39 is 0 Å². The highest BCUT2D eigenvalue weighted by Gasteiger charge is 2.20. The minimum absolute atomic E-state index is 0. The normalized spacial score (nSPS) is 18.5. The molecule has 1 aromatic carbocycles. The number of hydrogen-bond acceptors (Lipinski definition) is 3. The molecule has 1 aliphatic heterocycles. The fraction of sp³-hybridized carbons (Fsp3) is 0.636. The van der Waals surface area contributed by atoms with E-state index in [0.717, 1.165) is 43.5 Å². The quantitative estimate of drug-likeness (QED) is 0.283. The second kappa shape index (κ2) is 13.8. The highest BCUT2D eigenvalue weighted by Crippen LogP contribution is 2.17. The highest BCUT2D eigenvalue weighted by molar-refractivity contribution is 14.0. The molecule has 1 fully saturated rings. The smallest absolute Gasteiger partial charge is 0.251 e. The zero-order chi connectivity index (χ0) is 20.4. The summed E-state index contributed by atoms with van der Waals surface area (Å²) in [5.41, 5.74) is 1.84. The maximum Gasteiger partial charge on any atom is 0.251 e. The van der Waals surface area contributed by atoms with Gasteiger partial charge in [-0.25, -0.2) is 0 Å². The van der Waals surface area contributed by atoms with E-state index in [4.69, 9.17) is 4.99 Å². The number of rotatable bonds is 8. The number of aliphatic imine (C=N–C) groups is 1. The van der Waals surface area contributed by atoms with Gasteiger partial charge in [0.05, 0.1) is 6.54 Å². The molecule has 0 aromatic heterocycles. The van der Waals surface area contributed by atoms with Crippen LogP contribution < -0.4 is 16.0 Å². The highest BCUT2D eigenvalue weighted by atomic mass is 127. The first-order chi connectivity index (χ1) is 13.5. The molecule has 0 radical (unpaired) electrons. The number of halogens is 1. The number of nitrogens with zero attached hydrogens (tertiary/aromatic N) is 2. The van der Waals surface area contributed by atoms with Crippen LogP contribution in [0.2, 0.25) is 0 Å². The molecule has 2 unspecified atom stereocenters. The minimum Gasteiger partial charge on any atom is -0.357 e. The molecule has 1 amide bonds. The molecule has 0 aliphatic carbocycles. The number of carbonyl (C=O) groups excluding carboxylic acids is 1. The second-order valence-electron chi connectivity index (χ2n) is 7.77. The standard InChI is InChI=1S/C22H37N5O.HI/c1-5-24-22(26-15-18(3)27-13-7-8-17(2)16-27)25-12-11-19-9-6-10-20(14-19)21(28)23-4;/h6,9-10,14,17-18H,5,7-8,11-13,15-16H2,1-4H3,(H,23,28)(H2,24,25,26);1H. The number of carbonyl (C=O) groups is 1. The second-order valence-corrected chi connectivity index (χ2v) is 7.77. The summed E-state index contributed by atoms with van der Waals surface area (Å²) in [5, 5.41) is 9.42. The number of hydrogen-bond donors (Lipinski definition) is 3. The third-order valence-corrected chi connectivity index (χ3v) is 5.29. The van der Waals surface area contributed by atoms with Gasteiger partial charge in [0.15, 0.2) is 5.96 Å². The van der Waals surface area contributed by atoms with Crippen molar-refractivity contribution < 1.29 is 4.79 Å². The van der Waals surface area contributed by atoms with Crippen LogP contribution in [0.15, 0.2) is 29.3 Å². The lowest BCUT2D eigenvalue weighted by Gasteiger charge is -2.35. The maximum atomic E-state index is 11.8. The van der Waals surface area contributed by atoms with Gasteiger partial charge in [-0.05, 0) is 63.3 Å². The molecule has 29 heavy (non-hydrogen) atoms. The Labute approximate surface area is 193 Å². The Morgan fingerprint density at radius 2 is 2.14 bits per heavy atom. The largest absolute Gasteiger partial charge is 0.357 e. The molecule has 0 spiro atoms. The molecule has 6 nitrogen and oxygen atoms in total. The molecule has 1 heterocycles. The van der Waals surface area contributed by atoms with E-state index in [0.29, 0.717) is 11.6 Å². The van der Waals surface area contributed by atoms with Crippen molar-refractivity contribution in [2.24, 2.45) is 10.9 Å².